The molecular weight excluding hydrogens is 190 g/mol. The summed E-state index contributed by atoms with van der Waals surface area (Å²) in [6, 6.07) is 10.4. The van der Waals surface area contributed by atoms with Gasteiger partial charge in [0.25, 0.3) is 0 Å². The molecule has 2 atom stereocenters. The van der Waals surface area contributed by atoms with Crippen molar-refractivity contribution in [3.8, 4) is 0 Å². The lowest BCUT2D eigenvalue weighted by molar-refractivity contribution is -0.137. The quantitative estimate of drug-likeness (QED) is 0.788. The molecule has 0 radical (unpaired) electrons. The lowest BCUT2D eigenvalue weighted by atomic mass is 9.96. The van der Waals surface area contributed by atoms with Gasteiger partial charge in [0.1, 0.15) is 0 Å². The summed E-state index contributed by atoms with van der Waals surface area (Å²) in [4.78, 5) is 10.6. The number of rotatable bonds is 3. The largest absolute Gasteiger partial charge is 0.481 e. The average Bonchev–Trinajstić information content (AvgIpc) is 2.67. The second-order valence-corrected chi connectivity index (χ2v) is 4.05. The van der Waals surface area contributed by atoms with Crippen LogP contribution in [0.15, 0.2) is 30.3 Å². The first-order valence-electron chi connectivity index (χ1n) is 5.26. The van der Waals surface area contributed by atoms with E-state index in [1.54, 1.807) is 0 Å². The standard InChI is InChI=1S/C12H15NO2/c14-12(15)7-11-6-10(8-13-11)9-4-2-1-3-5-9/h1-5,10-11,13H,6-8H2,(H,14,15). The van der Waals surface area contributed by atoms with Crippen LogP contribution < -0.4 is 5.32 Å². The van der Waals surface area contributed by atoms with Crippen molar-refractivity contribution in [2.45, 2.75) is 24.8 Å². The van der Waals surface area contributed by atoms with Gasteiger partial charge in [-0.15, -0.1) is 0 Å². The molecule has 1 fully saturated rings. The zero-order valence-corrected chi connectivity index (χ0v) is 8.52. The fraction of sp³-hybridized carbons (Fsp3) is 0.417. The maximum atomic E-state index is 10.6. The number of hydrogen-bond acceptors (Lipinski definition) is 2. The normalized spacial score (nSPS) is 25.3. The summed E-state index contributed by atoms with van der Waals surface area (Å²) in [5.41, 5.74) is 1.30. The third kappa shape index (κ3) is 2.57. The van der Waals surface area contributed by atoms with Gasteiger partial charge >= 0.3 is 5.97 Å². The van der Waals surface area contributed by atoms with E-state index in [0.29, 0.717) is 5.92 Å². The molecule has 0 aliphatic carbocycles. The third-order valence-electron chi connectivity index (χ3n) is 2.91. The van der Waals surface area contributed by atoms with Crippen LogP contribution in [-0.4, -0.2) is 23.7 Å². The fourth-order valence-corrected chi connectivity index (χ4v) is 2.16. The van der Waals surface area contributed by atoms with E-state index in [2.05, 4.69) is 17.4 Å². The molecule has 0 bridgehead atoms. The first-order chi connectivity index (χ1) is 7.25. The Labute approximate surface area is 89.1 Å². The number of benzene rings is 1. The zero-order valence-electron chi connectivity index (χ0n) is 8.52. The molecule has 1 aromatic carbocycles. The van der Waals surface area contributed by atoms with Crippen LogP contribution in [0, 0.1) is 0 Å². The molecule has 2 rings (SSSR count). The van der Waals surface area contributed by atoms with E-state index in [9.17, 15) is 4.79 Å². The Kier molecular flexibility index (Phi) is 3.02. The Morgan fingerprint density at radius 3 is 2.80 bits per heavy atom. The van der Waals surface area contributed by atoms with Crippen LogP contribution in [-0.2, 0) is 4.79 Å². The highest BCUT2D eigenvalue weighted by atomic mass is 16.4. The molecule has 3 nitrogen and oxygen atoms in total. The lowest BCUT2D eigenvalue weighted by Crippen LogP contribution is -2.24. The van der Waals surface area contributed by atoms with Gasteiger partial charge in [-0.2, -0.15) is 0 Å². The molecule has 1 aromatic rings. The molecule has 0 saturated carbocycles. The molecule has 1 heterocycles. The van der Waals surface area contributed by atoms with Crippen LogP contribution in [0.2, 0.25) is 0 Å². The molecule has 1 aliphatic heterocycles. The van der Waals surface area contributed by atoms with Crippen molar-refractivity contribution in [1.29, 1.82) is 0 Å². The molecule has 1 aliphatic rings. The number of nitrogens with one attached hydrogen (secondary N) is 1. The number of carboxylic acids is 1. The Bertz CT molecular complexity index is 337. The number of aliphatic carboxylic acids is 1. The summed E-state index contributed by atoms with van der Waals surface area (Å²) in [5.74, 6) is -0.253. The first kappa shape index (κ1) is 10.2. The molecule has 2 unspecified atom stereocenters. The van der Waals surface area contributed by atoms with Gasteiger partial charge in [-0.25, -0.2) is 0 Å². The van der Waals surface area contributed by atoms with E-state index in [4.69, 9.17) is 5.11 Å². The summed E-state index contributed by atoms with van der Waals surface area (Å²) in [6.07, 6.45) is 1.15. The lowest BCUT2D eigenvalue weighted by Gasteiger charge is -2.08. The Morgan fingerprint density at radius 1 is 1.40 bits per heavy atom. The fourth-order valence-electron chi connectivity index (χ4n) is 2.16. The van der Waals surface area contributed by atoms with Gasteiger partial charge in [0.05, 0.1) is 6.42 Å². The number of carboxylic acid groups (broad SMARTS) is 1. The molecule has 0 spiro atoms. The third-order valence-corrected chi connectivity index (χ3v) is 2.91. The molecular formula is C12H15NO2. The number of hydrogen-bond donors (Lipinski definition) is 2. The van der Waals surface area contributed by atoms with E-state index in [-0.39, 0.29) is 12.5 Å². The van der Waals surface area contributed by atoms with E-state index in [1.165, 1.54) is 5.56 Å². The molecule has 1 saturated heterocycles. The van der Waals surface area contributed by atoms with Crippen molar-refractivity contribution < 1.29 is 9.90 Å². The average molecular weight is 205 g/mol. The minimum atomic E-state index is -0.721. The molecule has 80 valence electrons. The van der Waals surface area contributed by atoms with Crippen LogP contribution in [0.3, 0.4) is 0 Å². The highest BCUT2D eigenvalue weighted by Gasteiger charge is 2.26. The van der Waals surface area contributed by atoms with Crippen molar-refractivity contribution in [2.24, 2.45) is 0 Å². The predicted molar refractivity (Wildman–Crippen MR) is 57.8 cm³/mol. The maximum Gasteiger partial charge on any atom is 0.304 e. The van der Waals surface area contributed by atoms with Gasteiger partial charge in [0.2, 0.25) is 0 Å². The van der Waals surface area contributed by atoms with Gasteiger partial charge in [0.15, 0.2) is 0 Å². The number of carbonyl (C=O) groups is 1. The second kappa shape index (κ2) is 4.45. The molecule has 0 aromatic heterocycles. The SMILES string of the molecule is O=C(O)CC1CC(c2ccccc2)CN1. The van der Waals surface area contributed by atoms with Crippen molar-refractivity contribution in [3.05, 3.63) is 35.9 Å². The summed E-state index contributed by atoms with van der Waals surface area (Å²) in [5, 5.41) is 11.9. The monoisotopic (exact) mass is 205 g/mol. The van der Waals surface area contributed by atoms with E-state index in [0.717, 1.165) is 13.0 Å². The van der Waals surface area contributed by atoms with Gasteiger partial charge < -0.3 is 10.4 Å². The highest BCUT2D eigenvalue weighted by molar-refractivity contribution is 5.67. The summed E-state index contributed by atoms with van der Waals surface area (Å²) >= 11 is 0. The summed E-state index contributed by atoms with van der Waals surface area (Å²) in [6.45, 7) is 0.891. The van der Waals surface area contributed by atoms with Crippen LogP contribution in [0.4, 0.5) is 0 Å². The van der Waals surface area contributed by atoms with Crippen molar-refractivity contribution in [2.75, 3.05) is 6.54 Å². The first-order valence-corrected chi connectivity index (χ1v) is 5.26. The molecule has 15 heavy (non-hydrogen) atoms. The van der Waals surface area contributed by atoms with Crippen molar-refractivity contribution in [3.63, 3.8) is 0 Å². The van der Waals surface area contributed by atoms with Gasteiger partial charge in [-0.1, -0.05) is 30.3 Å². The summed E-state index contributed by atoms with van der Waals surface area (Å²) < 4.78 is 0. The van der Waals surface area contributed by atoms with Gasteiger partial charge in [0, 0.05) is 12.6 Å². The van der Waals surface area contributed by atoms with Crippen LogP contribution in [0.5, 0.6) is 0 Å². The predicted octanol–water partition coefficient (Wildman–Crippen LogP) is 1.61. The second-order valence-electron chi connectivity index (χ2n) is 4.05. The molecule has 2 N–H and O–H groups in total. The van der Waals surface area contributed by atoms with Crippen LogP contribution >= 0.6 is 0 Å². The smallest absolute Gasteiger partial charge is 0.304 e. The minimum Gasteiger partial charge on any atom is -0.481 e. The van der Waals surface area contributed by atoms with Crippen LogP contribution in [0.25, 0.3) is 0 Å². The van der Waals surface area contributed by atoms with Crippen LogP contribution in [0.1, 0.15) is 24.3 Å². The minimum absolute atomic E-state index is 0.132. The highest BCUT2D eigenvalue weighted by Crippen LogP contribution is 2.26. The van der Waals surface area contributed by atoms with Gasteiger partial charge in [-0.05, 0) is 17.9 Å². The zero-order chi connectivity index (χ0) is 10.7. The van der Waals surface area contributed by atoms with E-state index < -0.39 is 5.97 Å². The summed E-state index contributed by atoms with van der Waals surface area (Å²) in [7, 11) is 0. The Hall–Kier alpha value is -1.35. The van der Waals surface area contributed by atoms with Crippen molar-refractivity contribution in [1.82, 2.24) is 5.32 Å². The van der Waals surface area contributed by atoms with E-state index >= 15 is 0 Å². The molecule has 0 amide bonds. The van der Waals surface area contributed by atoms with E-state index in [1.807, 2.05) is 18.2 Å². The van der Waals surface area contributed by atoms with Crippen molar-refractivity contribution >= 4 is 5.97 Å². The topological polar surface area (TPSA) is 49.3 Å². The van der Waals surface area contributed by atoms with Gasteiger partial charge in [-0.3, -0.25) is 4.79 Å². The Morgan fingerprint density at radius 2 is 2.13 bits per heavy atom. The molecule has 3 heteroatoms. The Balaban J connectivity index is 1.96. The maximum absolute atomic E-state index is 10.6.